The van der Waals surface area contributed by atoms with Gasteiger partial charge in [-0.2, -0.15) is 0 Å². The van der Waals surface area contributed by atoms with Crippen LogP contribution >= 0.6 is 0 Å². The number of carbonyl (C=O) groups is 1. The molecule has 5 nitrogen and oxygen atoms in total. The van der Waals surface area contributed by atoms with Crippen LogP contribution in [0.2, 0.25) is 0 Å². The van der Waals surface area contributed by atoms with E-state index in [1.165, 1.54) is 0 Å². The molecule has 1 aromatic rings. The predicted octanol–water partition coefficient (Wildman–Crippen LogP) is 1.66. The van der Waals surface area contributed by atoms with Crippen LogP contribution in [-0.4, -0.2) is 50.3 Å². The molecule has 5 heteroatoms. The third-order valence-electron chi connectivity index (χ3n) is 3.23. The van der Waals surface area contributed by atoms with Gasteiger partial charge in [-0.1, -0.05) is 0 Å². The normalized spacial score (nSPS) is 15.9. The van der Waals surface area contributed by atoms with Crippen molar-refractivity contribution in [2.45, 2.75) is 13.8 Å². The zero-order valence-corrected chi connectivity index (χ0v) is 12.1. The van der Waals surface area contributed by atoms with E-state index in [0.29, 0.717) is 26.4 Å². The lowest BCUT2D eigenvalue weighted by Crippen LogP contribution is -2.41. The van der Waals surface area contributed by atoms with E-state index < -0.39 is 0 Å². The van der Waals surface area contributed by atoms with E-state index in [0.717, 1.165) is 30.1 Å². The first-order valence-electron chi connectivity index (χ1n) is 7.02. The van der Waals surface area contributed by atoms with Crippen LogP contribution in [0.5, 0.6) is 5.75 Å². The van der Waals surface area contributed by atoms with Gasteiger partial charge in [0.2, 0.25) is 5.91 Å². The lowest BCUT2D eigenvalue weighted by molar-refractivity contribution is -0.118. The van der Waals surface area contributed by atoms with Crippen LogP contribution in [0.3, 0.4) is 0 Å². The van der Waals surface area contributed by atoms with Crippen LogP contribution in [-0.2, 0) is 9.53 Å². The van der Waals surface area contributed by atoms with Crippen LogP contribution in [0, 0.1) is 6.92 Å². The van der Waals surface area contributed by atoms with Gasteiger partial charge in [0.1, 0.15) is 5.75 Å². The Morgan fingerprint density at radius 1 is 1.40 bits per heavy atom. The number of nitrogens with zero attached hydrogens (tertiary/aromatic N) is 1. The third kappa shape index (κ3) is 4.21. The molecule has 1 N–H and O–H groups in total. The summed E-state index contributed by atoms with van der Waals surface area (Å²) in [4.78, 5) is 14.1. The van der Waals surface area contributed by atoms with Crippen molar-refractivity contribution < 1.29 is 14.3 Å². The molecule has 0 atom stereocenters. The highest BCUT2D eigenvalue weighted by Gasteiger charge is 2.14. The third-order valence-corrected chi connectivity index (χ3v) is 3.23. The molecule has 1 heterocycles. The lowest BCUT2D eigenvalue weighted by atomic mass is 10.2. The highest BCUT2D eigenvalue weighted by Crippen LogP contribution is 2.21. The quantitative estimate of drug-likeness (QED) is 0.890. The molecule has 1 amide bonds. The number of ether oxygens (including phenoxy) is 2. The average molecular weight is 278 g/mol. The largest absolute Gasteiger partial charge is 0.494 e. The molecular formula is C15H22N2O3. The summed E-state index contributed by atoms with van der Waals surface area (Å²) in [6.45, 7) is 8.02. The van der Waals surface area contributed by atoms with E-state index >= 15 is 0 Å². The van der Waals surface area contributed by atoms with Crippen LogP contribution in [0.25, 0.3) is 0 Å². The molecule has 1 aliphatic heterocycles. The molecule has 1 aliphatic rings. The SMILES string of the molecule is CCOc1ccc(NC(=O)CN2CCOCC2)cc1C. The van der Waals surface area contributed by atoms with E-state index in [-0.39, 0.29) is 5.91 Å². The summed E-state index contributed by atoms with van der Waals surface area (Å²) in [5, 5.41) is 2.92. The van der Waals surface area contributed by atoms with Crippen molar-refractivity contribution in [3.63, 3.8) is 0 Å². The molecule has 1 saturated heterocycles. The maximum atomic E-state index is 12.0. The Labute approximate surface area is 119 Å². The van der Waals surface area contributed by atoms with Gasteiger partial charge in [0, 0.05) is 18.8 Å². The maximum Gasteiger partial charge on any atom is 0.238 e. The molecular weight excluding hydrogens is 256 g/mol. The van der Waals surface area contributed by atoms with Gasteiger partial charge < -0.3 is 14.8 Å². The second-order valence-corrected chi connectivity index (χ2v) is 4.85. The highest BCUT2D eigenvalue weighted by molar-refractivity contribution is 5.92. The first-order valence-corrected chi connectivity index (χ1v) is 7.02. The fourth-order valence-electron chi connectivity index (χ4n) is 2.21. The van der Waals surface area contributed by atoms with Gasteiger partial charge in [-0.3, -0.25) is 9.69 Å². The van der Waals surface area contributed by atoms with Gasteiger partial charge in [0.15, 0.2) is 0 Å². The second kappa shape index (κ2) is 7.26. The number of morpholine rings is 1. The number of nitrogens with one attached hydrogen (secondary N) is 1. The smallest absolute Gasteiger partial charge is 0.238 e. The van der Waals surface area contributed by atoms with Gasteiger partial charge >= 0.3 is 0 Å². The van der Waals surface area contributed by atoms with Crippen LogP contribution < -0.4 is 10.1 Å². The van der Waals surface area contributed by atoms with Crippen molar-refractivity contribution in [2.24, 2.45) is 0 Å². The highest BCUT2D eigenvalue weighted by atomic mass is 16.5. The lowest BCUT2D eigenvalue weighted by Gasteiger charge is -2.25. The van der Waals surface area contributed by atoms with E-state index in [1.54, 1.807) is 0 Å². The number of anilines is 1. The minimum absolute atomic E-state index is 0.00969. The summed E-state index contributed by atoms with van der Waals surface area (Å²) >= 11 is 0. The molecule has 0 aromatic heterocycles. The average Bonchev–Trinajstić information content (AvgIpc) is 2.43. The minimum Gasteiger partial charge on any atom is -0.494 e. The van der Waals surface area contributed by atoms with Crippen molar-refractivity contribution in [1.82, 2.24) is 4.90 Å². The Balaban J connectivity index is 1.88. The molecule has 0 saturated carbocycles. The second-order valence-electron chi connectivity index (χ2n) is 4.85. The number of hydrogen-bond acceptors (Lipinski definition) is 4. The van der Waals surface area contributed by atoms with Crippen LogP contribution in [0.4, 0.5) is 5.69 Å². The molecule has 1 aromatic carbocycles. The van der Waals surface area contributed by atoms with Crippen molar-refractivity contribution in [2.75, 3.05) is 44.8 Å². The standard InChI is InChI=1S/C15H22N2O3/c1-3-20-14-5-4-13(10-12(14)2)16-15(18)11-17-6-8-19-9-7-17/h4-5,10H,3,6-9,11H2,1-2H3,(H,16,18). The van der Waals surface area contributed by atoms with E-state index in [4.69, 9.17) is 9.47 Å². The monoisotopic (exact) mass is 278 g/mol. The molecule has 0 radical (unpaired) electrons. The van der Waals surface area contributed by atoms with Gasteiger partial charge in [-0.05, 0) is 37.6 Å². The Bertz CT molecular complexity index is 456. The number of aryl methyl sites for hydroxylation is 1. The Morgan fingerprint density at radius 3 is 2.80 bits per heavy atom. The van der Waals surface area contributed by atoms with Gasteiger partial charge in [0.05, 0.1) is 26.4 Å². The number of benzene rings is 1. The van der Waals surface area contributed by atoms with Crippen molar-refractivity contribution in [1.29, 1.82) is 0 Å². The number of carbonyl (C=O) groups excluding carboxylic acids is 1. The summed E-state index contributed by atoms with van der Waals surface area (Å²) in [6, 6.07) is 5.70. The molecule has 110 valence electrons. The molecule has 20 heavy (non-hydrogen) atoms. The summed E-state index contributed by atoms with van der Waals surface area (Å²) in [5.74, 6) is 0.870. The molecule has 2 rings (SSSR count). The fourth-order valence-corrected chi connectivity index (χ4v) is 2.21. The van der Waals surface area contributed by atoms with Crippen molar-refractivity contribution in [3.8, 4) is 5.75 Å². The van der Waals surface area contributed by atoms with Crippen molar-refractivity contribution >= 4 is 11.6 Å². The van der Waals surface area contributed by atoms with Crippen LogP contribution in [0.15, 0.2) is 18.2 Å². The molecule has 0 bridgehead atoms. The summed E-state index contributed by atoms with van der Waals surface area (Å²) < 4.78 is 10.7. The number of amides is 1. The number of hydrogen-bond donors (Lipinski definition) is 1. The zero-order chi connectivity index (χ0) is 14.4. The Morgan fingerprint density at radius 2 is 2.15 bits per heavy atom. The molecule has 0 unspecified atom stereocenters. The van der Waals surface area contributed by atoms with Crippen molar-refractivity contribution in [3.05, 3.63) is 23.8 Å². The molecule has 0 spiro atoms. The Hall–Kier alpha value is -1.59. The maximum absolute atomic E-state index is 12.0. The molecule has 0 aliphatic carbocycles. The van der Waals surface area contributed by atoms with Gasteiger partial charge in [-0.15, -0.1) is 0 Å². The topological polar surface area (TPSA) is 50.8 Å². The van der Waals surface area contributed by atoms with E-state index in [2.05, 4.69) is 10.2 Å². The fraction of sp³-hybridized carbons (Fsp3) is 0.533. The van der Waals surface area contributed by atoms with Gasteiger partial charge in [0.25, 0.3) is 0 Å². The number of rotatable bonds is 5. The predicted molar refractivity (Wildman–Crippen MR) is 78.2 cm³/mol. The first kappa shape index (κ1) is 14.8. The minimum atomic E-state index is 0.00969. The summed E-state index contributed by atoms with van der Waals surface area (Å²) in [6.07, 6.45) is 0. The van der Waals surface area contributed by atoms with E-state index in [1.807, 2.05) is 32.0 Å². The van der Waals surface area contributed by atoms with Gasteiger partial charge in [-0.25, -0.2) is 0 Å². The van der Waals surface area contributed by atoms with E-state index in [9.17, 15) is 4.79 Å². The van der Waals surface area contributed by atoms with Crippen LogP contribution in [0.1, 0.15) is 12.5 Å². The Kier molecular flexibility index (Phi) is 5.38. The zero-order valence-electron chi connectivity index (χ0n) is 12.1. The molecule has 1 fully saturated rings. The summed E-state index contributed by atoms with van der Waals surface area (Å²) in [5.41, 5.74) is 1.83. The summed E-state index contributed by atoms with van der Waals surface area (Å²) in [7, 11) is 0. The first-order chi connectivity index (χ1) is 9.69.